The first-order valence-electron chi connectivity index (χ1n) is 3.77. The molecule has 0 radical (unpaired) electrons. The smallest absolute Gasteiger partial charge is 0.311 e. The second-order valence-electron chi connectivity index (χ2n) is 3.06. The Labute approximate surface area is 76.4 Å². The Morgan fingerprint density at radius 3 is 2.45 bits per heavy atom. The summed E-state index contributed by atoms with van der Waals surface area (Å²) in [7, 11) is 0. The molecule has 3 heteroatoms. The molecule has 0 unspecified atom stereocenters. The van der Waals surface area contributed by atoms with Crippen LogP contribution in [0.1, 0.15) is 27.2 Å². The Kier molecular flexibility index (Phi) is 4.73. The zero-order valence-electron chi connectivity index (χ0n) is 7.32. The number of hydrogen-bond acceptors (Lipinski definition) is 2. The molecule has 0 aliphatic rings. The summed E-state index contributed by atoms with van der Waals surface area (Å²) in [5.41, 5.74) is -0.331. The van der Waals surface area contributed by atoms with Gasteiger partial charge < -0.3 is 4.74 Å². The molecule has 11 heavy (non-hydrogen) atoms. The van der Waals surface area contributed by atoms with Crippen molar-refractivity contribution in [1.29, 1.82) is 0 Å². The van der Waals surface area contributed by atoms with E-state index in [9.17, 15) is 4.79 Å². The summed E-state index contributed by atoms with van der Waals surface area (Å²) < 4.78 is 4.96. The van der Waals surface area contributed by atoms with Gasteiger partial charge in [0.2, 0.25) is 0 Å². The van der Waals surface area contributed by atoms with Crippen LogP contribution in [-0.4, -0.2) is 17.9 Å². The first-order chi connectivity index (χ1) is 5.04. The number of hydrogen-bond donors (Lipinski definition) is 0. The molecule has 0 atom stereocenters. The number of ether oxygens (including phenoxy) is 1. The highest BCUT2D eigenvalue weighted by Crippen LogP contribution is 2.21. The van der Waals surface area contributed by atoms with Crippen LogP contribution in [0.15, 0.2) is 0 Å². The molecule has 0 N–H and O–H groups in total. The lowest BCUT2D eigenvalue weighted by Crippen LogP contribution is -2.26. The molecule has 66 valence electrons. The molecule has 0 spiro atoms. The summed E-state index contributed by atoms with van der Waals surface area (Å²) in [6.07, 6.45) is 0.814. The number of halogens is 1. The van der Waals surface area contributed by atoms with Crippen LogP contribution >= 0.6 is 15.9 Å². The molecule has 0 fully saturated rings. The van der Waals surface area contributed by atoms with Crippen LogP contribution in [0.4, 0.5) is 0 Å². The summed E-state index contributed by atoms with van der Waals surface area (Å²) in [6.45, 7) is 6.23. The standard InChI is InChI=1S/C8H15BrO2/c1-4-8(2,3)7(10)11-6-5-9/h4-6H2,1-3H3. The fourth-order valence-electron chi connectivity index (χ4n) is 0.471. The number of esters is 1. The normalized spacial score (nSPS) is 11.3. The van der Waals surface area contributed by atoms with Gasteiger partial charge in [-0.2, -0.15) is 0 Å². The number of carbonyl (C=O) groups excluding carboxylic acids is 1. The minimum absolute atomic E-state index is 0.112. The average Bonchev–Trinajstić information content (AvgIpc) is 2.00. The molecular weight excluding hydrogens is 208 g/mol. The number of rotatable bonds is 4. The highest BCUT2D eigenvalue weighted by molar-refractivity contribution is 9.09. The summed E-state index contributed by atoms with van der Waals surface area (Å²) >= 11 is 3.19. The van der Waals surface area contributed by atoms with Gasteiger partial charge in [-0.1, -0.05) is 22.9 Å². The summed E-state index contributed by atoms with van der Waals surface area (Å²) in [4.78, 5) is 11.2. The highest BCUT2D eigenvalue weighted by atomic mass is 79.9. The Morgan fingerprint density at radius 1 is 1.55 bits per heavy atom. The molecule has 0 heterocycles. The molecule has 2 nitrogen and oxygen atoms in total. The van der Waals surface area contributed by atoms with Gasteiger partial charge in [0.1, 0.15) is 6.61 Å². The fourth-order valence-corrected chi connectivity index (χ4v) is 0.633. The topological polar surface area (TPSA) is 26.3 Å². The lowest BCUT2D eigenvalue weighted by atomic mass is 9.91. The van der Waals surface area contributed by atoms with E-state index in [4.69, 9.17) is 4.74 Å². The van der Waals surface area contributed by atoms with Crippen LogP contribution in [0.3, 0.4) is 0 Å². The van der Waals surface area contributed by atoms with Crippen LogP contribution in [0.2, 0.25) is 0 Å². The van der Waals surface area contributed by atoms with E-state index in [1.807, 2.05) is 20.8 Å². The van der Waals surface area contributed by atoms with E-state index in [0.29, 0.717) is 11.9 Å². The molecule has 0 saturated carbocycles. The summed E-state index contributed by atoms with van der Waals surface area (Å²) in [5.74, 6) is -0.112. The molecule has 0 amide bonds. The van der Waals surface area contributed by atoms with Crippen molar-refractivity contribution in [3.8, 4) is 0 Å². The highest BCUT2D eigenvalue weighted by Gasteiger charge is 2.26. The van der Waals surface area contributed by atoms with Crippen LogP contribution in [0, 0.1) is 5.41 Å². The molecule has 0 bridgehead atoms. The number of carbonyl (C=O) groups is 1. The maximum atomic E-state index is 11.2. The lowest BCUT2D eigenvalue weighted by molar-refractivity contribution is -0.153. The Balaban J connectivity index is 3.82. The van der Waals surface area contributed by atoms with Gasteiger partial charge >= 0.3 is 5.97 Å². The van der Waals surface area contributed by atoms with Crippen molar-refractivity contribution in [1.82, 2.24) is 0 Å². The molecule has 0 aromatic carbocycles. The van der Waals surface area contributed by atoms with Crippen molar-refractivity contribution < 1.29 is 9.53 Å². The molecular formula is C8H15BrO2. The first-order valence-corrected chi connectivity index (χ1v) is 4.90. The summed E-state index contributed by atoms with van der Waals surface area (Å²) in [5, 5.41) is 0.707. The SMILES string of the molecule is CCC(C)(C)C(=O)OCCBr. The van der Waals surface area contributed by atoms with Crippen LogP contribution in [0.25, 0.3) is 0 Å². The first kappa shape index (κ1) is 11.0. The minimum atomic E-state index is -0.331. The molecule has 0 aromatic heterocycles. The lowest BCUT2D eigenvalue weighted by Gasteiger charge is -2.19. The predicted molar refractivity (Wildman–Crippen MR) is 48.8 cm³/mol. The van der Waals surface area contributed by atoms with Crippen molar-refractivity contribution in [2.75, 3.05) is 11.9 Å². The third kappa shape index (κ3) is 3.75. The fraction of sp³-hybridized carbons (Fsp3) is 0.875. The third-order valence-corrected chi connectivity index (χ3v) is 2.07. The van der Waals surface area contributed by atoms with E-state index in [-0.39, 0.29) is 11.4 Å². The molecule has 0 rings (SSSR count). The van der Waals surface area contributed by atoms with Gasteiger partial charge in [0, 0.05) is 5.33 Å². The largest absolute Gasteiger partial charge is 0.464 e. The average molecular weight is 223 g/mol. The van der Waals surface area contributed by atoms with Crippen LogP contribution in [-0.2, 0) is 9.53 Å². The van der Waals surface area contributed by atoms with E-state index < -0.39 is 0 Å². The van der Waals surface area contributed by atoms with Gasteiger partial charge in [-0.15, -0.1) is 0 Å². The molecule has 0 saturated heterocycles. The van der Waals surface area contributed by atoms with E-state index in [1.54, 1.807) is 0 Å². The van der Waals surface area contributed by atoms with Crippen LogP contribution in [0.5, 0.6) is 0 Å². The van der Waals surface area contributed by atoms with Gasteiger partial charge in [-0.25, -0.2) is 0 Å². The monoisotopic (exact) mass is 222 g/mol. The summed E-state index contributed by atoms with van der Waals surface area (Å²) in [6, 6.07) is 0. The molecule has 0 aliphatic heterocycles. The zero-order chi connectivity index (χ0) is 8.91. The molecule has 0 aliphatic carbocycles. The minimum Gasteiger partial charge on any atom is -0.464 e. The van der Waals surface area contributed by atoms with E-state index in [2.05, 4.69) is 15.9 Å². The third-order valence-electron chi connectivity index (χ3n) is 1.75. The van der Waals surface area contributed by atoms with Gasteiger partial charge in [-0.05, 0) is 20.3 Å². The molecule has 0 aromatic rings. The Bertz CT molecular complexity index is 132. The maximum absolute atomic E-state index is 11.2. The van der Waals surface area contributed by atoms with Crippen molar-refractivity contribution in [3.63, 3.8) is 0 Å². The van der Waals surface area contributed by atoms with E-state index in [0.717, 1.165) is 6.42 Å². The zero-order valence-corrected chi connectivity index (χ0v) is 8.90. The van der Waals surface area contributed by atoms with Crippen molar-refractivity contribution in [3.05, 3.63) is 0 Å². The Morgan fingerprint density at radius 2 is 2.09 bits per heavy atom. The van der Waals surface area contributed by atoms with Crippen molar-refractivity contribution in [2.45, 2.75) is 27.2 Å². The Hall–Kier alpha value is -0.0500. The van der Waals surface area contributed by atoms with Gasteiger partial charge in [0.15, 0.2) is 0 Å². The van der Waals surface area contributed by atoms with Gasteiger partial charge in [-0.3, -0.25) is 4.79 Å². The van der Waals surface area contributed by atoms with Gasteiger partial charge in [0.05, 0.1) is 5.41 Å². The van der Waals surface area contributed by atoms with E-state index >= 15 is 0 Å². The maximum Gasteiger partial charge on any atom is 0.311 e. The predicted octanol–water partition coefficient (Wildman–Crippen LogP) is 2.36. The quantitative estimate of drug-likeness (QED) is 0.540. The second-order valence-corrected chi connectivity index (χ2v) is 3.86. The second kappa shape index (κ2) is 4.75. The van der Waals surface area contributed by atoms with Crippen molar-refractivity contribution in [2.24, 2.45) is 5.41 Å². The van der Waals surface area contributed by atoms with Crippen molar-refractivity contribution >= 4 is 21.9 Å². The van der Waals surface area contributed by atoms with E-state index in [1.165, 1.54) is 0 Å². The number of alkyl halides is 1. The van der Waals surface area contributed by atoms with Crippen LogP contribution < -0.4 is 0 Å². The van der Waals surface area contributed by atoms with Gasteiger partial charge in [0.25, 0.3) is 0 Å².